The number of primary amides is 1. The van der Waals surface area contributed by atoms with Crippen LogP contribution in [0.25, 0.3) is 0 Å². The van der Waals surface area contributed by atoms with Crippen LogP contribution in [-0.2, 0) is 14.3 Å². The van der Waals surface area contributed by atoms with Crippen molar-refractivity contribution >= 4 is 11.8 Å². The molecular formula is C10H19N3O3. The molecule has 0 saturated carbocycles. The third-order valence-corrected chi connectivity index (χ3v) is 2.59. The largest absolute Gasteiger partial charge is 0.377 e. The van der Waals surface area contributed by atoms with Crippen LogP contribution in [0.4, 0.5) is 0 Å². The number of hydrogen-bond acceptors (Lipinski definition) is 4. The lowest BCUT2D eigenvalue weighted by Crippen LogP contribution is -2.54. The van der Waals surface area contributed by atoms with E-state index >= 15 is 0 Å². The molecule has 1 unspecified atom stereocenters. The van der Waals surface area contributed by atoms with Crippen LogP contribution in [0.15, 0.2) is 0 Å². The lowest BCUT2D eigenvalue weighted by molar-refractivity contribution is -0.147. The van der Waals surface area contributed by atoms with Gasteiger partial charge in [-0.25, -0.2) is 0 Å². The molecule has 1 atom stereocenters. The molecule has 2 amide bonds. The van der Waals surface area contributed by atoms with Crippen molar-refractivity contribution in [1.82, 2.24) is 10.2 Å². The Kier molecular flexibility index (Phi) is 5.21. The Morgan fingerprint density at radius 3 is 2.94 bits per heavy atom. The van der Waals surface area contributed by atoms with Crippen molar-refractivity contribution in [2.24, 2.45) is 5.73 Å². The second kappa shape index (κ2) is 6.44. The van der Waals surface area contributed by atoms with Gasteiger partial charge < -0.3 is 20.7 Å². The van der Waals surface area contributed by atoms with E-state index in [9.17, 15) is 9.59 Å². The summed E-state index contributed by atoms with van der Waals surface area (Å²) >= 11 is 0. The maximum Gasteiger partial charge on any atom is 0.242 e. The number of nitrogens with zero attached hydrogens (tertiary/aromatic N) is 1. The van der Waals surface area contributed by atoms with E-state index in [1.54, 1.807) is 0 Å². The monoisotopic (exact) mass is 229 g/mol. The van der Waals surface area contributed by atoms with Crippen LogP contribution >= 0.6 is 0 Å². The van der Waals surface area contributed by atoms with Crippen molar-refractivity contribution in [3.8, 4) is 0 Å². The molecule has 0 aromatic carbocycles. The van der Waals surface area contributed by atoms with Gasteiger partial charge in [0.2, 0.25) is 11.8 Å². The Morgan fingerprint density at radius 2 is 2.31 bits per heavy atom. The number of hydrogen-bond donors (Lipinski definition) is 2. The van der Waals surface area contributed by atoms with E-state index in [4.69, 9.17) is 10.5 Å². The summed E-state index contributed by atoms with van der Waals surface area (Å²) < 4.78 is 5.14. The summed E-state index contributed by atoms with van der Waals surface area (Å²) in [4.78, 5) is 24.5. The van der Waals surface area contributed by atoms with Gasteiger partial charge in [-0.05, 0) is 20.0 Å². The minimum absolute atomic E-state index is 0.0256. The van der Waals surface area contributed by atoms with E-state index in [-0.39, 0.29) is 12.5 Å². The normalized spacial score (nSPS) is 20.8. The number of nitrogens with two attached hydrogens (primary N) is 1. The molecule has 3 N–H and O–H groups in total. The Morgan fingerprint density at radius 1 is 1.56 bits per heavy atom. The van der Waals surface area contributed by atoms with Gasteiger partial charge in [0.25, 0.3) is 0 Å². The molecule has 1 rings (SSSR count). The fourth-order valence-electron chi connectivity index (χ4n) is 1.70. The van der Waals surface area contributed by atoms with Gasteiger partial charge >= 0.3 is 0 Å². The van der Waals surface area contributed by atoms with Gasteiger partial charge in [-0.2, -0.15) is 0 Å². The second-order valence-corrected chi connectivity index (χ2v) is 3.79. The molecule has 92 valence electrons. The van der Waals surface area contributed by atoms with Crippen molar-refractivity contribution in [3.05, 3.63) is 0 Å². The molecule has 0 bridgehead atoms. The molecule has 1 heterocycles. The van der Waals surface area contributed by atoms with Crippen LogP contribution in [-0.4, -0.2) is 56.1 Å². The maximum absolute atomic E-state index is 11.8. The third-order valence-electron chi connectivity index (χ3n) is 2.59. The summed E-state index contributed by atoms with van der Waals surface area (Å²) in [6.45, 7) is 1.93. The molecule has 0 aromatic heterocycles. The Bertz CT molecular complexity index is 258. The zero-order valence-corrected chi connectivity index (χ0v) is 9.57. The Labute approximate surface area is 95.1 Å². The summed E-state index contributed by atoms with van der Waals surface area (Å²) in [6, 6.07) is -0.601. The molecular weight excluding hydrogens is 210 g/mol. The summed E-state index contributed by atoms with van der Waals surface area (Å²) in [5, 5.41) is 2.97. The van der Waals surface area contributed by atoms with Crippen molar-refractivity contribution in [3.63, 3.8) is 0 Å². The van der Waals surface area contributed by atoms with E-state index in [1.807, 2.05) is 7.05 Å². The van der Waals surface area contributed by atoms with Gasteiger partial charge in [-0.15, -0.1) is 0 Å². The molecule has 1 aliphatic heterocycles. The van der Waals surface area contributed by atoms with Crippen LogP contribution in [0, 0.1) is 0 Å². The van der Waals surface area contributed by atoms with Crippen LogP contribution in [0.2, 0.25) is 0 Å². The highest BCUT2D eigenvalue weighted by Gasteiger charge is 2.30. The summed E-state index contributed by atoms with van der Waals surface area (Å²) in [5.74, 6) is -0.524. The fourth-order valence-corrected chi connectivity index (χ4v) is 1.70. The van der Waals surface area contributed by atoms with Crippen molar-refractivity contribution in [2.45, 2.75) is 18.9 Å². The number of nitrogens with one attached hydrogen (secondary N) is 1. The SMILES string of the molecule is CNCCCC(=O)N1CCOCC1C(N)=O. The number of morpholine rings is 1. The van der Waals surface area contributed by atoms with Crippen molar-refractivity contribution in [1.29, 1.82) is 0 Å². The first kappa shape index (κ1) is 12.9. The van der Waals surface area contributed by atoms with Gasteiger partial charge in [0.15, 0.2) is 0 Å². The van der Waals surface area contributed by atoms with Crippen molar-refractivity contribution < 1.29 is 14.3 Å². The van der Waals surface area contributed by atoms with Gasteiger partial charge in [-0.3, -0.25) is 9.59 Å². The summed E-state index contributed by atoms with van der Waals surface area (Å²) in [7, 11) is 1.84. The topological polar surface area (TPSA) is 84.7 Å². The van der Waals surface area contributed by atoms with Crippen LogP contribution in [0.3, 0.4) is 0 Å². The molecule has 1 fully saturated rings. The van der Waals surface area contributed by atoms with E-state index < -0.39 is 11.9 Å². The highest BCUT2D eigenvalue weighted by atomic mass is 16.5. The minimum atomic E-state index is -0.601. The second-order valence-electron chi connectivity index (χ2n) is 3.79. The third kappa shape index (κ3) is 3.46. The lowest BCUT2D eigenvalue weighted by atomic mass is 10.2. The Balaban J connectivity index is 2.47. The first-order valence-electron chi connectivity index (χ1n) is 5.48. The quantitative estimate of drug-likeness (QED) is 0.574. The van der Waals surface area contributed by atoms with E-state index in [2.05, 4.69) is 5.32 Å². The minimum Gasteiger partial charge on any atom is -0.377 e. The van der Waals surface area contributed by atoms with Crippen LogP contribution in [0.1, 0.15) is 12.8 Å². The zero-order chi connectivity index (χ0) is 12.0. The van der Waals surface area contributed by atoms with Crippen LogP contribution in [0.5, 0.6) is 0 Å². The number of rotatable bonds is 5. The van der Waals surface area contributed by atoms with E-state index in [0.717, 1.165) is 13.0 Å². The molecule has 0 aromatic rings. The predicted octanol–water partition coefficient (Wildman–Crippen LogP) is -1.30. The fraction of sp³-hybridized carbons (Fsp3) is 0.800. The zero-order valence-electron chi connectivity index (χ0n) is 9.57. The van der Waals surface area contributed by atoms with Gasteiger partial charge in [0, 0.05) is 13.0 Å². The Hall–Kier alpha value is -1.14. The average Bonchev–Trinajstić information content (AvgIpc) is 2.29. The molecule has 0 aliphatic carbocycles. The molecule has 16 heavy (non-hydrogen) atoms. The lowest BCUT2D eigenvalue weighted by Gasteiger charge is -2.33. The highest BCUT2D eigenvalue weighted by molar-refractivity contribution is 5.86. The predicted molar refractivity (Wildman–Crippen MR) is 58.7 cm³/mol. The summed E-state index contributed by atoms with van der Waals surface area (Å²) in [5.41, 5.74) is 5.23. The molecule has 6 heteroatoms. The first-order valence-corrected chi connectivity index (χ1v) is 5.48. The van der Waals surface area contributed by atoms with Gasteiger partial charge in [0.1, 0.15) is 6.04 Å². The summed E-state index contributed by atoms with van der Waals surface area (Å²) in [6.07, 6.45) is 1.20. The maximum atomic E-state index is 11.8. The average molecular weight is 229 g/mol. The van der Waals surface area contributed by atoms with E-state index in [0.29, 0.717) is 19.6 Å². The molecule has 6 nitrogen and oxygen atoms in total. The highest BCUT2D eigenvalue weighted by Crippen LogP contribution is 2.09. The molecule has 1 aliphatic rings. The number of carbonyl (C=O) groups excluding carboxylic acids is 2. The molecule has 0 radical (unpaired) electrons. The first-order chi connectivity index (χ1) is 7.66. The van der Waals surface area contributed by atoms with Crippen LogP contribution < -0.4 is 11.1 Å². The standard InChI is InChI=1S/C10H19N3O3/c1-12-4-2-3-9(14)13-5-6-16-7-8(13)10(11)15/h8,12H,2-7H2,1H3,(H2,11,15). The van der Waals surface area contributed by atoms with Gasteiger partial charge in [0.05, 0.1) is 13.2 Å². The molecule has 1 saturated heterocycles. The van der Waals surface area contributed by atoms with Gasteiger partial charge in [-0.1, -0.05) is 0 Å². The molecule has 0 spiro atoms. The van der Waals surface area contributed by atoms with Crippen molar-refractivity contribution in [2.75, 3.05) is 33.4 Å². The smallest absolute Gasteiger partial charge is 0.242 e. The number of ether oxygens (including phenoxy) is 1. The number of amides is 2. The van der Waals surface area contributed by atoms with E-state index in [1.165, 1.54) is 4.90 Å². The number of carbonyl (C=O) groups is 2.